The average molecular weight is 569 g/mol. The lowest BCUT2D eigenvalue weighted by Gasteiger charge is -2.31. The number of carbonyl (C=O) groups is 4. The lowest BCUT2D eigenvalue weighted by molar-refractivity contribution is -0.151. The number of amides is 2. The normalized spacial score (nSPS) is 23.6. The van der Waals surface area contributed by atoms with Crippen LogP contribution in [0.1, 0.15) is 60.1 Å². The van der Waals surface area contributed by atoms with Gasteiger partial charge in [0.15, 0.2) is 0 Å². The molecule has 2 heterocycles. The summed E-state index contributed by atoms with van der Waals surface area (Å²) >= 11 is 0. The third kappa shape index (κ3) is 5.34. The second kappa shape index (κ2) is 12.3. The van der Waals surface area contributed by atoms with Crippen molar-refractivity contribution in [1.29, 1.82) is 0 Å². The molecule has 4 atom stereocenters. The van der Waals surface area contributed by atoms with Crippen LogP contribution in [0.2, 0.25) is 0 Å². The van der Waals surface area contributed by atoms with Gasteiger partial charge in [-0.15, -0.1) is 0 Å². The number of carbonyl (C=O) groups excluding carboxylic acids is 3. The number of hydrogen-bond donors (Lipinski definition) is 2. The molecule has 0 saturated carbocycles. The number of carboxylic acids is 1. The molecule has 0 bridgehead atoms. The average Bonchev–Trinajstić information content (AvgIpc) is 3.48. The highest BCUT2D eigenvalue weighted by Gasteiger charge is 2.68. The number of nitrogens with one attached hydrogen (secondary N) is 1. The Morgan fingerprint density at radius 2 is 1.69 bits per heavy atom. The number of esters is 1. The van der Waals surface area contributed by atoms with Gasteiger partial charge in [0, 0.05) is 19.0 Å². The minimum atomic E-state index is -1.71. The van der Waals surface area contributed by atoms with Gasteiger partial charge < -0.3 is 9.84 Å². The molecule has 42 heavy (non-hydrogen) atoms. The minimum absolute atomic E-state index is 0.0227. The van der Waals surface area contributed by atoms with Crippen LogP contribution < -0.4 is 5.32 Å². The summed E-state index contributed by atoms with van der Waals surface area (Å²) in [4.78, 5) is 54.3. The highest BCUT2D eigenvalue weighted by Crippen LogP contribution is 2.50. The topological polar surface area (TPSA) is 113 Å². The number of nitrogens with zero attached hydrogens (tertiary/aromatic N) is 1. The van der Waals surface area contributed by atoms with Crippen LogP contribution in [-0.2, 0) is 25.5 Å². The van der Waals surface area contributed by atoms with Crippen LogP contribution in [0.25, 0.3) is 10.8 Å². The Labute approximate surface area is 245 Å². The predicted molar refractivity (Wildman–Crippen MR) is 159 cm³/mol. The van der Waals surface area contributed by atoms with Crippen LogP contribution >= 0.6 is 0 Å². The second-order valence-electron chi connectivity index (χ2n) is 11.1. The number of carboxylic acid groups (broad SMARTS) is 1. The zero-order chi connectivity index (χ0) is 29.9. The van der Waals surface area contributed by atoms with Gasteiger partial charge in [0.2, 0.25) is 11.8 Å². The van der Waals surface area contributed by atoms with Gasteiger partial charge >= 0.3 is 11.9 Å². The number of methoxy groups -OCH3 is 1. The first-order valence-corrected chi connectivity index (χ1v) is 14.5. The first-order chi connectivity index (χ1) is 20.3. The number of rotatable bonds is 11. The van der Waals surface area contributed by atoms with Gasteiger partial charge in [-0.05, 0) is 46.9 Å². The molecule has 218 valence electrons. The number of fused-ring (bicyclic) bond motifs is 2. The van der Waals surface area contributed by atoms with Gasteiger partial charge in [-0.25, -0.2) is 4.79 Å². The van der Waals surface area contributed by atoms with Crippen molar-refractivity contribution < 1.29 is 29.0 Å². The standard InChI is InChI=1S/C34H36N2O6/c1-3-4-5-6-7-10-19-36-30(37)27-28(31(36)38)34(33(40)41,21-22-13-14-23-11-8-9-12-26(23)20-22)35-29(27)24-15-17-25(18-16-24)32(39)42-2/h6-9,11-18,20,27-29,35H,3-5,10,19,21H2,1-2H3,(H,40,41). The number of benzene rings is 3. The molecular formula is C34H36N2O6. The largest absolute Gasteiger partial charge is 0.480 e. The SMILES string of the molecule is CCCCC=CCCN1C(=O)C2C(c3ccc(C(=O)OC)cc3)NC(Cc3ccc4ccccc4c3)(C(=O)O)C2C1=O. The van der Waals surface area contributed by atoms with E-state index in [1.54, 1.807) is 24.3 Å². The van der Waals surface area contributed by atoms with Crippen molar-refractivity contribution in [3.63, 3.8) is 0 Å². The monoisotopic (exact) mass is 568 g/mol. The van der Waals surface area contributed by atoms with E-state index < -0.39 is 41.3 Å². The Morgan fingerprint density at radius 3 is 2.38 bits per heavy atom. The van der Waals surface area contributed by atoms with Crippen LogP contribution in [-0.4, -0.2) is 53.0 Å². The molecule has 0 aliphatic carbocycles. The summed E-state index contributed by atoms with van der Waals surface area (Å²) in [6, 6.07) is 19.4. The third-order valence-electron chi connectivity index (χ3n) is 8.53. The van der Waals surface area contributed by atoms with E-state index in [4.69, 9.17) is 4.74 Å². The van der Waals surface area contributed by atoms with Crippen LogP contribution in [0.3, 0.4) is 0 Å². The van der Waals surface area contributed by atoms with Crippen molar-refractivity contribution in [3.05, 3.63) is 95.6 Å². The molecule has 3 aromatic carbocycles. The molecule has 4 unspecified atom stereocenters. The van der Waals surface area contributed by atoms with Crippen molar-refractivity contribution in [2.24, 2.45) is 11.8 Å². The van der Waals surface area contributed by atoms with Crippen molar-refractivity contribution in [2.75, 3.05) is 13.7 Å². The van der Waals surface area contributed by atoms with E-state index in [0.29, 0.717) is 17.5 Å². The van der Waals surface area contributed by atoms with E-state index in [2.05, 4.69) is 18.3 Å². The Balaban J connectivity index is 1.52. The smallest absolute Gasteiger partial charge is 0.337 e. The van der Waals surface area contributed by atoms with E-state index in [-0.39, 0.29) is 18.9 Å². The third-order valence-corrected chi connectivity index (χ3v) is 8.53. The summed E-state index contributed by atoms with van der Waals surface area (Å²) in [5.74, 6) is -4.51. The van der Waals surface area contributed by atoms with Crippen LogP contribution in [0.5, 0.6) is 0 Å². The molecule has 8 nitrogen and oxygen atoms in total. The van der Waals surface area contributed by atoms with Gasteiger partial charge in [-0.2, -0.15) is 0 Å². The van der Waals surface area contributed by atoms with Gasteiger partial charge in [0.25, 0.3) is 0 Å². The molecule has 8 heteroatoms. The molecule has 2 N–H and O–H groups in total. The summed E-state index contributed by atoms with van der Waals surface area (Å²) in [5.41, 5.74) is 0.00203. The Kier molecular flexibility index (Phi) is 8.54. The zero-order valence-electron chi connectivity index (χ0n) is 23.9. The molecule has 5 rings (SSSR count). The lowest BCUT2D eigenvalue weighted by atomic mass is 9.76. The van der Waals surface area contributed by atoms with Crippen LogP contribution in [0.4, 0.5) is 0 Å². The first-order valence-electron chi connectivity index (χ1n) is 14.5. The number of likely N-dealkylation sites (tertiary alicyclic amines) is 1. The minimum Gasteiger partial charge on any atom is -0.480 e. The van der Waals surface area contributed by atoms with Gasteiger partial charge in [-0.3, -0.25) is 24.6 Å². The van der Waals surface area contributed by atoms with Crippen molar-refractivity contribution >= 4 is 34.5 Å². The number of ether oxygens (including phenoxy) is 1. The van der Waals surface area contributed by atoms with Crippen molar-refractivity contribution in [2.45, 2.75) is 50.6 Å². The fourth-order valence-corrected chi connectivity index (χ4v) is 6.38. The first kappa shape index (κ1) is 29.2. The van der Waals surface area contributed by atoms with E-state index in [1.807, 2.05) is 48.5 Å². The molecule has 2 aliphatic rings. The van der Waals surface area contributed by atoms with Gasteiger partial charge in [0.1, 0.15) is 5.54 Å². The fourth-order valence-electron chi connectivity index (χ4n) is 6.38. The zero-order valence-corrected chi connectivity index (χ0v) is 23.9. The molecule has 3 aromatic rings. The molecule has 2 aliphatic heterocycles. The van der Waals surface area contributed by atoms with Crippen molar-refractivity contribution in [3.8, 4) is 0 Å². The highest BCUT2D eigenvalue weighted by atomic mass is 16.5. The van der Waals surface area contributed by atoms with Crippen molar-refractivity contribution in [1.82, 2.24) is 10.2 Å². The Bertz CT molecular complexity index is 1530. The summed E-state index contributed by atoms with van der Waals surface area (Å²) in [6.45, 7) is 2.32. The Hall–Kier alpha value is -4.30. The number of allylic oxidation sites excluding steroid dienone is 1. The summed E-state index contributed by atoms with van der Waals surface area (Å²) in [5, 5.41) is 16.0. The highest BCUT2D eigenvalue weighted by molar-refractivity contribution is 6.09. The van der Waals surface area contributed by atoms with Crippen LogP contribution in [0, 0.1) is 11.8 Å². The fraction of sp³-hybridized carbons (Fsp3) is 0.353. The Morgan fingerprint density at radius 1 is 0.976 bits per heavy atom. The summed E-state index contributed by atoms with van der Waals surface area (Å²) in [7, 11) is 1.30. The predicted octanol–water partition coefficient (Wildman–Crippen LogP) is 5.07. The summed E-state index contributed by atoms with van der Waals surface area (Å²) in [6.07, 6.45) is 7.66. The molecule has 2 saturated heterocycles. The molecule has 0 aromatic heterocycles. The van der Waals surface area contributed by atoms with E-state index in [0.717, 1.165) is 35.6 Å². The quantitative estimate of drug-likeness (QED) is 0.144. The van der Waals surface area contributed by atoms with E-state index in [9.17, 15) is 24.3 Å². The second-order valence-corrected chi connectivity index (χ2v) is 11.1. The maximum atomic E-state index is 14.0. The molecule has 0 spiro atoms. The van der Waals surface area contributed by atoms with E-state index in [1.165, 1.54) is 12.0 Å². The number of imide groups is 1. The van der Waals surface area contributed by atoms with E-state index >= 15 is 0 Å². The maximum absolute atomic E-state index is 14.0. The molecule has 2 fully saturated rings. The van der Waals surface area contributed by atoms with Crippen LogP contribution in [0.15, 0.2) is 78.9 Å². The number of hydrogen-bond acceptors (Lipinski definition) is 6. The lowest BCUT2D eigenvalue weighted by Crippen LogP contribution is -2.57. The maximum Gasteiger partial charge on any atom is 0.337 e. The molecule has 0 radical (unpaired) electrons. The number of aliphatic carboxylic acids is 1. The molecular weight excluding hydrogens is 532 g/mol. The van der Waals surface area contributed by atoms with Gasteiger partial charge in [-0.1, -0.05) is 86.5 Å². The van der Waals surface area contributed by atoms with Gasteiger partial charge in [0.05, 0.1) is 24.5 Å². The molecule has 2 amide bonds. The summed E-state index contributed by atoms with van der Waals surface area (Å²) < 4.78 is 4.80. The number of unbranched alkanes of at least 4 members (excludes halogenated alkanes) is 2.